The molecular weight excluding hydrogens is 314 g/mol. The number of hydrogen-bond acceptors (Lipinski definition) is 1. The summed E-state index contributed by atoms with van der Waals surface area (Å²) >= 11 is 6.12. The van der Waals surface area contributed by atoms with E-state index in [4.69, 9.17) is 17.3 Å². The largest absolute Gasteiger partial charge is 0.398 e. The van der Waals surface area contributed by atoms with Crippen LogP contribution in [0.1, 0.15) is 54.4 Å². The number of anilines is 1. The number of benzene rings is 2. The van der Waals surface area contributed by atoms with E-state index >= 15 is 0 Å². The molecule has 0 unspecified atom stereocenters. The first-order valence-electron chi connectivity index (χ1n) is 9.02. The van der Waals surface area contributed by atoms with Crippen molar-refractivity contribution in [3.05, 3.63) is 63.7 Å². The molecule has 24 heavy (non-hydrogen) atoms. The molecule has 2 aliphatic carbocycles. The Labute approximate surface area is 149 Å². The Morgan fingerprint density at radius 3 is 2.46 bits per heavy atom. The fourth-order valence-electron chi connectivity index (χ4n) is 4.49. The molecule has 0 heterocycles. The van der Waals surface area contributed by atoms with E-state index < -0.39 is 0 Å². The van der Waals surface area contributed by atoms with E-state index in [-0.39, 0.29) is 0 Å². The Morgan fingerprint density at radius 1 is 0.958 bits per heavy atom. The minimum absolute atomic E-state index is 0.674. The fourth-order valence-corrected chi connectivity index (χ4v) is 4.67. The zero-order chi connectivity index (χ0) is 16.7. The van der Waals surface area contributed by atoms with Crippen molar-refractivity contribution in [3.8, 4) is 0 Å². The average molecular weight is 338 g/mol. The van der Waals surface area contributed by atoms with Gasteiger partial charge in [0, 0.05) is 16.3 Å². The molecule has 2 aliphatic rings. The van der Waals surface area contributed by atoms with Gasteiger partial charge in [-0.15, -0.1) is 0 Å². The van der Waals surface area contributed by atoms with E-state index in [0.717, 1.165) is 12.1 Å². The van der Waals surface area contributed by atoms with Crippen LogP contribution in [-0.2, 0) is 6.42 Å². The van der Waals surface area contributed by atoms with Crippen LogP contribution in [-0.4, -0.2) is 0 Å². The van der Waals surface area contributed by atoms with Crippen LogP contribution in [0.3, 0.4) is 0 Å². The monoisotopic (exact) mass is 337 g/mol. The third-order valence-electron chi connectivity index (χ3n) is 5.60. The molecule has 2 N–H and O–H groups in total. The first kappa shape index (κ1) is 15.8. The summed E-state index contributed by atoms with van der Waals surface area (Å²) in [6, 6.07) is 12.9. The molecule has 2 aromatic carbocycles. The van der Waals surface area contributed by atoms with Gasteiger partial charge in [0.15, 0.2) is 0 Å². The lowest BCUT2D eigenvalue weighted by Gasteiger charge is -2.25. The van der Waals surface area contributed by atoms with E-state index in [1.807, 2.05) is 12.1 Å². The Balaban J connectivity index is 1.87. The highest BCUT2D eigenvalue weighted by Crippen LogP contribution is 2.48. The second kappa shape index (κ2) is 6.29. The van der Waals surface area contributed by atoms with Crippen LogP contribution in [0.2, 0.25) is 5.02 Å². The Bertz CT molecular complexity index is 813. The summed E-state index contributed by atoms with van der Waals surface area (Å²) in [6.45, 7) is 2.18. The van der Waals surface area contributed by atoms with Crippen molar-refractivity contribution in [1.82, 2.24) is 0 Å². The van der Waals surface area contributed by atoms with E-state index in [0.29, 0.717) is 10.9 Å². The van der Waals surface area contributed by atoms with E-state index in [9.17, 15) is 0 Å². The molecule has 0 bridgehead atoms. The van der Waals surface area contributed by atoms with Crippen LogP contribution in [0, 0.1) is 12.8 Å². The maximum atomic E-state index is 6.34. The fraction of sp³-hybridized carbons (Fsp3) is 0.364. The molecule has 124 valence electrons. The van der Waals surface area contributed by atoms with E-state index in [1.54, 1.807) is 5.57 Å². The molecule has 4 rings (SSSR count). The molecule has 0 aromatic heterocycles. The second-order valence-electron chi connectivity index (χ2n) is 7.30. The highest BCUT2D eigenvalue weighted by atomic mass is 35.5. The van der Waals surface area contributed by atoms with Gasteiger partial charge in [0.2, 0.25) is 0 Å². The molecule has 0 amide bonds. The zero-order valence-electron chi connectivity index (χ0n) is 14.2. The Morgan fingerprint density at radius 2 is 1.71 bits per heavy atom. The van der Waals surface area contributed by atoms with Gasteiger partial charge >= 0.3 is 0 Å². The topological polar surface area (TPSA) is 26.0 Å². The number of halogens is 1. The highest BCUT2D eigenvalue weighted by molar-refractivity contribution is 6.31. The quantitative estimate of drug-likeness (QED) is 0.641. The van der Waals surface area contributed by atoms with Gasteiger partial charge in [-0.25, -0.2) is 0 Å². The minimum atomic E-state index is 0.674. The normalized spacial score (nSPS) is 18.1. The summed E-state index contributed by atoms with van der Waals surface area (Å²) in [5.41, 5.74) is 15.5. The predicted molar refractivity (Wildman–Crippen MR) is 104 cm³/mol. The van der Waals surface area contributed by atoms with Crippen LogP contribution < -0.4 is 5.73 Å². The van der Waals surface area contributed by atoms with Crippen LogP contribution in [0.4, 0.5) is 5.69 Å². The molecule has 0 atom stereocenters. The number of nitrogens with two attached hydrogens (primary N) is 1. The van der Waals surface area contributed by atoms with Gasteiger partial charge in [0.25, 0.3) is 0 Å². The SMILES string of the molecule is Cc1ccc2c(c1)CC(c1ccc(Cl)cc1N)=C2C1CCCCC1. The predicted octanol–water partition coefficient (Wildman–Crippen LogP) is 6.28. The smallest absolute Gasteiger partial charge is 0.0426 e. The number of aryl methyl sites for hydroxylation is 1. The zero-order valence-corrected chi connectivity index (χ0v) is 15.0. The molecule has 2 heteroatoms. The summed E-state index contributed by atoms with van der Waals surface area (Å²) < 4.78 is 0. The van der Waals surface area contributed by atoms with Gasteiger partial charge in [-0.2, -0.15) is 0 Å². The average Bonchev–Trinajstić information content (AvgIpc) is 2.93. The first-order chi connectivity index (χ1) is 11.6. The number of fused-ring (bicyclic) bond motifs is 1. The summed E-state index contributed by atoms with van der Waals surface area (Å²) in [5, 5.41) is 0.711. The number of hydrogen-bond donors (Lipinski definition) is 1. The molecule has 2 aromatic rings. The van der Waals surface area contributed by atoms with Crippen molar-refractivity contribution in [1.29, 1.82) is 0 Å². The van der Waals surface area contributed by atoms with Crippen molar-refractivity contribution >= 4 is 28.4 Å². The van der Waals surface area contributed by atoms with Crippen molar-refractivity contribution < 1.29 is 0 Å². The van der Waals surface area contributed by atoms with Crippen molar-refractivity contribution in [2.75, 3.05) is 5.73 Å². The lowest BCUT2D eigenvalue weighted by Crippen LogP contribution is -2.09. The second-order valence-corrected chi connectivity index (χ2v) is 7.73. The summed E-state index contributed by atoms with van der Waals surface area (Å²) in [7, 11) is 0. The van der Waals surface area contributed by atoms with Crippen LogP contribution in [0.5, 0.6) is 0 Å². The van der Waals surface area contributed by atoms with Gasteiger partial charge in [0.1, 0.15) is 0 Å². The minimum Gasteiger partial charge on any atom is -0.398 e. The standard InChI is InChI=1S/C22H24ClN/c1-14-7-9-18-16(11-14)12-20(19-10-8-17(23)13-21(19)24)22(18)15-5-3-2-4-6-15/h7-11,13,15H,2-6,12,24H2,1H3. The van der Waals surface area contributed by atoms with E-state index in [1.165, 1.54) is 59.9 Å². The molecule has 1 fully saturated rings. The Kier molecular flexibility index (Phi) is 4.14. The van der Waals surface area contributed by atoms with Gasteiger partial charge < -0.3 is 5.73 Å². The van der Waals surface area contributed by atoms with Gasteiger partial charge in [0.05, 0.1) is 0 Å². The van der Waals surface area contributed by atoms with Gasteiger partial charge in [-0.3, -0.25) is 0 Å². The summed E-state index contributed by atoms with van der Waals surface area (Å²) in [4.78, 5) is 0. The van der Waals surface area contributed by atoms with Crippen molar-refractivity contribution in [3.63, 3.8) is 0 Å². The molecule has 1 nitrogen and oxygen atoms in total. The molecule has 0 saturated heterocycles. The number of allylic oxidation sites excluding steroid dienone is 2. The van der Waals surface area contributed by atoms with Crippen LogP contribution in [0.25, 0.3) is 11.1 Å². The maximum Gasteiger partial charge on any atom is 0.0426 e. The summed E-state index contributed by atoms with van der Waals surface area (Å²) in [5.74, 6) is 0.674. The van der Waals surface area contributed by atoms with Gasteiger partial charge in [-0.1, -0.05) is 60.7 Å². The maximum absolute atomic E-state index is 6.34. The summed E-state index contributed by atoms with van der Waals surface area (Å²) in [6.07, 6.45) is 7.68. The highest BCUT2D eigenvalue weighted by Gasteiger charge is 2.30. The van der Waals surface area contributed by atoms with E-state index in [2.05, 4.69) is 31.2 Å². The number of nitrogen functional groups attached to an aromatic ring is 1. The van der Waals surface area contributed by atoms with Crippen LogP contribution >= 0.6 is 11.6 Å². The molecule has 1 saturated carbocycles. The third kappa shape index (κ3) is 2.75. The first-order valence-corrected chi connectivity index (χ1v) is 9.39. The van der Waals surface area contributed by atoms with Crippen molar-refractivity contribution in [2.45, 2.75) is 45.4 Å². The lowest BCUT2D eigenvalue weighted by molar-refractivity contribution is 0.430. The molecular formula is C22H24ClN. The lowest BCUT2D eigenvalue weighted by atomic mass is 9.79. The van der Waals surface area contributed by atoms with Crippen LogP contribution in [0.15, 0.2) is 36.4 Å². The third-order valence-corrected chi connectivity index (χ3v) is 5.83. The number of rotatable bonds is 2. The van der Waals surface area contributed by atoms with Crippen molar-refractivity contribution in [2.24, 2.45) is 5.92 Å². The Hall–Kier alpha value is -1.73. The molecule has 0 radical (unpaired) electrons. The molecule has 0 spiro atoms. The van der Waals surface area contributed by atoms with Gasteiger partial charge in [-0.05, 0) is 66.5 Å². The molecule has 0 aliphatic heterocycles.